The van der Waals surface area contributed by atoms with Gasteiger partial charge in [-0.2, -0.15) is 0 Å². The molecule has 3 aromatic carbocycles. The highest BCUT2D eigenvalue weighted by atomic mass is 16.3. The molecule has 0 aliphatic carbocycles. The molecule has 4 rings (SSSR count). The van der Waals surface area contributed by atoms with E-state index in [1.165, 1.54) is 0 Å². The second-order valence-corrected chi connectivity index (χ2v) is 12.8. The lowest BCUT2D eigenvalue weighted by atomic mass is 9.95. The van der Waals surface area contributed by atoms with E-state index >= 15 is 0 Å². The van der Waals surface area contributed by atoms with Gasteiger partial charge in [-0.1, -0.05) is 67.1 Å². The first kappa shape index (κ1) is 33.8. The van der Waals surface area contributed by atoms with Crippen molar-refractivity contribution in [2.24, 2.45) is 11.5 Å². The van der Waals surface area contributed by atoms with Crippen molar-refractivity contribution in [2.75, 3.05) is 6.54 Å². The third kappa shape index (κ3) is 8.75. The zero-order valence-electron chi connectivity index (χ0n) is 26.3. The molecule has 0 spiro atoms. The molecule has 3 aromatic rings. The summed E-state index contributed by atoms with van der Waals surface area (Å²) in [5.41, 5.74) is 12.3. The number of nitrogens with two attached hydrogens (primary N) is 2. The van der Waals surface area contributed by atoms with E-state index in [0.29, 0.717) is 25.8 Å². The van der Waals surface area contributed by atoms with Crippen molar-refractivity contribution in [2.45, 2.75) is 89.2 Å². The van der Waals surface area contributed by atoms with Crippen LogP contribution in [0.3, 0.4) is 0 Å². The third-order valence-corrected chi connectivity index (χ3v) is 8.06. The minimum atomic E-state index is -1.43. The van der Waals surface area contributed by atoms with Gasteiger partial charge in [0.05, 0.1) is 24.6 Å². The highest BCUT2D eigenvalue weighted by Gasteiger charge is 2.45. The van der Waals surface area contributed by atoms with E-state index in [1.807, 2.05) is 75.4 Å². The van der Waals surface area contributed by atoms with Crippen LogP contribution in [0.4, 0.5) is 0 Å². The fourth-order valence-corrected chi connectivity index (χ4v) is 5.95. The molecule has 6 N–H and O–H groups in total. The van der Waals surface area contributed by atoms with Gasteiger partial charge in [0.15, 0.2) is 0 Å². The third-order valence-electron chi connectivity index (χ3n) is 8.06. The summed E-state index contributed by atoms with van der Waals surface area (Å²) in [7, 11) is 0. The van der Waals surface area contributed by atoms with E-state index in [1.54, 1.807) is 23.1 Å². The maximum Gasteiger partial charge on any atom is 0.261 e. The van der Waals surface area contributed by atoms with Crippen molar-refractivity contribution < 1.29 is 24.3 Å². The maximum atomic E-state index is 14.5. The van der Waals surface area contributed by atoms with Gasteiger partial charge in [-0.05, 0) is 74.9 Å². The average Bonchev–Trinajstić information content (AvgIpc) is 3.01. The molecule has 0 saturated carbocycles. The number of hydrogen-bond donors (Lipinski definition) is 4. The van der Waals surface area contributed by atoms with E-state index in [4.69, 9.17) is 11.5 Å². The molecule has 0 aromatic heterocycles. The number of amides is 4. The summed E-state index contributed by atoms with van der Waals surface area (Å²) in [6, 6.07) is 20.0. The Balaban J connectivity index is 1.82. The van der Waals surface area contributed by atoms with Crippen LogP contribution in [0.2, 0.25) is 0 Å². The first-order chi connectivity index (χ1) is 21.4. The van der Waals surface area contributed by atoms with E-state index < -0.39 is 54.0 Å². The molecule has 1 saturated heterocycles. The van der Waals surface area contributed by atoms with Gasteiger partial charge in [0.25, 0.3) is 5.91 Å². The van der Waals surface area contributed by atoms with Crippen molar-refractivity contribution in [3.63, 3.8) is 0 Å². The van der Waals surface area contributed by atoms with Gasteiger partial charge >= 0.3 is 0 Å². The number of piperidine rings is 1. The van der Waals surface area contributed by atoms with Crippen LogP contribution in [0.15, 0.2) is 72.8 Å². The van der Waals surface area contributed by atoms with Gasteiger partial charge in [0.1, 0.15) is 6.17 Å². The molecule has 240 valence electrons. The Morgan fingerprint density at radius 2 is 1.64 bits per heavy atom. The Kier molecular flexibility index (Phi) is 11.1. The maximum absolute atomic E-state index is 14.5. The molecule has 1 aliphatic rings. The second kappa shape index (κ2) is 14.8. The predicted molar refractivity (Wildman–Crippen MR) is 174 cm³/mol. The summed E-state index contributed by atoms with van der Waals surface area (Å²) in [5, 5.41) is 16.7. The molecule has 1 heterocycles. The smallest absolute Gasteiger partial charge is 0.261 e. The quantitative estimate of drug-likeness (QED) is 0.258. The first-order valence-electron chi connectivity index (χ1n) is 15.6. The van der Waals surface area contributed by atoms with E-state index in [9.17, 15) is 24.3 Å². The van der Waals surface area contributed by atoms with Crippen LogP contribution in [0.25, 0.3) is 10.8 Å². The Hall–Kier alpha value is -4.12. The zero-order valence-corrected chi connectivity index (χ0v) is 26.3. The fourth-order valence-electron chi connectivity index (χ4n) is 5.95. The number of rotatable bonds is 11. The molecule has 1 aliphatic heterocycles. The zero-order chi connectivity index (χ0) is 32.7. The molecule has 45 heavy (non-hydrogen) atoms. The topological polar surface area (TPSA) is 159 Å². The van der Waals surface area contributed by atoms with Crippen LogP contribution in [0.5, 0.6) is 0 Å². The van der Waals surface area contributed by atoms with Crippen molar-refractivity contribution in [1.29, 1.82) is 0 Å². The average molecular weight is 616 g/mol. The van der Waals surface area contributed by atoms with Crippen LogP contribution in [-0.2, 0) is 20.8 Å². The summed E-state index contributed by atoms with van der Waals surface area (Å²) in [4.78, 5) is 56.9. The summed E-state index contributed by atoms with van der Waals surface area (Å²) in [5.74, 6) is -2.59. The number of nitrogens with one attached hydrogen (secondary N) is 1. The van der Waals surface area contributed by atoms with Crippen LogP contribution >= 0.6 is 0 Å². The minimum Gasteiger partial charge on any atom is -0.390 e. The Morgan fingerprint density at radius 1 is 0.978 bits per heavy atom. The number of benzene rings is 3. The number of carbonyl (C=O) groups is 4. The van der Waals surface area contributed by atoms with Crippen molar-refractivity contribution >= 4 is 34.4 Å². The predicted octanol–water partition coefficient (Wildman–Crippen LogP) is 3.10. The number of nitrogens with zero attached hydrogens (tertiary/aromatic N) is 2. The summed E-state index contributed by atoms with van der Waals surface area (Å²) < 4.78 is 0. The number of primary amides is 1. The molecule has 10 nitrogen and oxygen atoms in total. The number of aliphatic hydroxyl groups is 1. The lowest BCUT2D eigenvalue weighted by Crippen LogP contribution is -2.67. The SMILES string of the molecule is CC(C)(C)NC(=O)[C@@H]1CCCCN1C([C@H](O)CCc1ccccc1)N(C(=O)c1ccc2ccccc2c1)C(=O)[C@@H](N)CC(N)=O. The molecule has 4 amide bonds. The molecule has 1 unspecified atom stereocenters. The standard InChI is InChI=1S/C35H45N5O5/c1-35(2,3)38-31(43)28-15-9-10-20-39(28)32(29(41)19-16-23-11-5-4-6-12-23)40(34(45)27(36)22-30(37)42)33(44)26-18-17-24-13-7-8-14-25(24)21-26/h4-8,11-14,17-18,21,27-29,32,41H,9-10,15-16,19-20,22,36H2,1-3H3,(H2,37,42)(H,38,43)/t27-,28-,29+,32?/m0/s1. The molecular weight excluding hydrogens is 570 g/mol. The number of aliphatic hydroxyl groups excluding tert-OH is 1. The van der Waals surface area contributed by atoms with Crippen molar-refractivity contribution in [1.82, 2.24) is 15.1 Å². The molecule has 1 fully saturated rings. The number of carbonyl (C=O) groups excluding carboxylic acids is 4. The molecule has 4 atom stereocenters. The van der Waals surface area contributed by atoms with E-state index in [-0.39, 0.29) is 17.9 Å². The summed E-state index contributed by atoms with van der Waals surface area (Å²) in [6.07, 6.45) is -0.383. The number of likely N-dealkylation sites (tertiary alicyclic amines) is 1. The van der Waals surface area contributed by atoms with Crippen LogP contribution < -0.4 is 16.8 Å². The van der Waals surface area contributed by atoms with Gasteiger partial charge in [-0.25, -0.2) is 0 Å². The summed E-state index contributed by atoms with van der Waals surface area (Å²) in [6.45, 7) is 6.00. The number of imide groups is 1. The Bertz CT molecular complexity index is 1510. The Morgan fingerprint density at radius 3 is 2.31 bits per heavy atom. The van der Waals surface area contributed by atoms with Crippen LogP contribution in [0, 0.1) is 0 Å². The van der Waals surface area contributed by atoms with Gasteiger partial charge < -0.3 is 21.9 Å². The minimum absolute atomic E-state index is 0.193. The monoisotopic (exact) mass is 615 g/mol. The van der Waals surface area contributed by atoms with Gasteiger partial charge in [0, 0.05) is 17.6 Å². The van der Waals surface area contributed by atoms with Gasteiger partial charge in [-0.3, -0.25) is 29.0 Å². The molecule has 10 heteroatoms. The lowest BCUT2D eigenvalue weighted by Gasteiger charge is -2.47. The van der Waals surface area contributed by atoms with Gasteiger partial charge in [0.2, 0.25) is 17.7 Å². The first-order valence-corrected chi connectivity index (χ1v) is 15.6. The largest absolute Gasteiger partial charge is 0.390 e. The molecular formula is C35H45N5O5. The lowest BCUT2D eigenvalue weighted by molar-refractivity contribution is -0.149. The van der Waals surface area contributed by atoms with Gasteiger partial charge in [-0.15, -0.1) is 0 Å². The number of fused-ring (bicyclic) bond motifs is 1. The van der Waals surface area contributed by atoms with Crippen LogP contribution in [0.1, 0.15) is 68.8 Å². The number of aryl methyl sites for hydroxylation is 1. The Labute approximate surface area is 264 Å². The molecule has 0 radical (unpaired) electrons. The molecule has 0 bridgehead atoms. The highest BCUT2D eigenvalue weighted by Crippen LogP contribution is 2.28. The summed E-state index contributed by atoms with van der Waals surface area (Å²) >= 11 is 0. The second-order valence-electron chi connectivity index (χ2n) is 12.8. The van der Waals surface area contributed by atoms with Crippen molar-refractivity contribution in [3.8, 4) is 0 Å². The fraction of sp³-hybridized carbons (Fsp3) is 0.429. The van der Waals surface area contributed by atoms with Crippen LogP contribution in [-0.4, -0.2) is 75.0 Å². The highest BCUT2D eigenvalue weighted by molar-refractivity contribution is 6.08. The number of hydrogen-bond acceptors (Lipinski definition) is 7. The normalized spacial score (nSPS) is 17.7. The van der Waals surface area contributed by atoms with E-state index in [2.05, 4.69) is 5.32 Å². The van der Waals surface area contributed by atoms with E-state index in [0.717, 1.165) is 27.7 Å². The van der Waals surface area contributed by atoms with Crippen molar-refractivity contribution in [3.05, 3.63) is 83.9 Å².